The second-order valence-electron chi connectivity index (χ2n) is 8.83. The summed E-state index contributed by atoms with van der Waals surface area (Å²) in [7, 11) is 0. The largest absolute Gasteiger partial charge is 0.378 e. The van der Waals surface area contributed by atoms with Crippen LogP contribution in [0.4, 0.5) is 9.18 Å². The number of rotatable bonds is 7. The van der Waals surface area contributed by atoms with Crippen molar-refractivity contribution in [3.63, 3.8) is 0 Å². The summed E-state index contributed by atoms with van der Waals surface area (Å²) in [4.78, 5) is 39.8. The molecule has 0 spiro atoms. The molecule has 0 aromatic heterocycles. The number of carbonyl (C=O) groups excluding carboxylic acids is 3. The molecule has 2 N–H and O–H groups in total. The van der Waals surface area contributed by atoms with Gasteiger partial charge in [0, 0.05) is 19.5 Å². The van der Waals surface area contributed by atoms with E-state index in [1.54, 1.807) is 4.90 Å². The number of nitrogens with one attached hydrogen (secondary N) is 2. The van der Waals surface area contributed by atoms with Crippen molar-refractivity contribution < 1.29 is 28.2 Å². The fraction of sp³-hybridized carbons (Fsp3) is 0.864. The van der Waals surface area contributed by atoms with Crippen molar-refractivity contribution >= 4 is 17.7 Å². The third-order valence-corrected chi connectivity index (χ3v) is 6.56. The van der Waals surface area contributed by atoms with Crippen molar-refractivity contribution in [1.29, 1.82) is 0 Å². The minimum absolute atomic E-state index is 0.0596. The number of ketones is 1. The highest BCUT2D eigenvalue weighted by molar-refractivity contribution is 5.94. The van der Waals surface area contributed by atoms with Gasteiger partial charge >= 0.3 is 6.03 Å². The summed E-state index contributed by atoms with van der Waals surface area (Å²) in [5.74, 6) is -0.300. The third kappa shape index (κ3) is 7.14. The molecule has 1 aliphatic carbocycles. The molecule has 31 heavy (non-hydrogen) atoms. The van der Waals surface area contributed by atoms with Crippen LogP contribution < -0.4 is 10.6 Å². The van der Waals surface area contributed by atoms with Crippen LogP contribution >= 0.6 is 0 Å². The fourth-order valence-corrected chi connectivity index (χ4v) is 4.72. The van der Waals surface area contributed by atoms with Crippen molar-refractivity contribution in [2.45, 2.75) is 76.0 Å². The lowest BCUT2D eigenvalue weighted by Crippen LogP contribution is -2.57. The molecule has 0 aromatic rings. The molecule has 3 amide bonds. The smallest absolute Gasteiger partial charge is 0.318 e. The van der Waals surface area contributed by atoms with E-state index in [0.717, 1.165) is 25.7 Å². The summed E-state index contributed by atoms with van der Waals surface area (Å²) in [6, 6.07) is -1.88. The Labute approximate surface area is 183 Å². The number of hydrogen-bond acceptors (Lipinski definition) is 5. The lowest BCUT2D eigenvalue weighted by molar-refractivity contribution is -0.128. The standard InChI is InChI=1S/C22H36FN3O5/c23-9-8-19-20(18(27)15-31-19)25-21(28)17(14-16-6-4-2-1-3-5-7-16)24-22(29)26-10-12-30-13-11-26/h16-17,19-20H,1-15H2,(H,24,29)(H,25,28)/t17-,19-,20+/m0/s1. The first-order valence-electron chi connectivity index (χ1n) is 11.7. The number of Topliss-reactive ketones (excluding diaryl/α,β-unsaturated/α-hetero) is 1. The highest BCUT2D eigenvalue weighted by Gasteiger charge is 2.38. The molecule has 0 radical (unpaired) electrons. The maximum Gasteiger partial charge on any atom is 0.318 e. The van der Waals surface area contributed by atoms with Gasteiger partial charge < -0.3 is 25.0 Å². The Balaban J connectivity index is 1.66. The van der Waals surface area contributed by atoms with Crippen LogP contribution in [0.5, 0.6) is 0 Å². The molecule has 2 saturated heterocycles. The second kappa shape index (κ2) is 12.3. The molecule has 8 nitrogen and oxygen atoms in total. The average molecular weight is 442 g/mol. The average Bonchev–Trinajstić information content (AvgIpc) is 3.09. The van der Waals surface area contributed by atoms with Crippen LogP contribution in [0.15, 0.2) is 0 Å². The molecule has 3 rings (SSSR count). The van der Waals surface area contributed by atoms with Crippen LogP contribution in [0.1, 0.15) is 57.8 Å². The zero-order valence-corrected chi connectivity index (χ0v) is 18.3. The van der Waals surface area contributed by atoms with Gasteiger partial charge in [0.25, 0.3) is 0 Å². The van der Waals surface area contributed by atoms with Gasteiger partial charge in [-0.15, -0.1) is 0 Å². The van der Waals surface area contributed by atoms with Crippen molar-refractivity contribution in [1.82, 2.24) is 15.5 Å². The zero-order chi connectivity index (χ0) is 22.1. The van der Waals surface area contributed by atoms with E-state index < -0.39 is 30.8 Å². The van der Waals surface area contributed by atoms with Gasteiger partial charge in [-0.1, -0.05) is 44.9 Å². The minimum Gasteiger partial charge on any atom is -0.378 e. The molecular formula is C22H36FN3O5. The molecule has 3 atom stereocenters. The first-order chi connectivity index (χ1) is 15.1. The van der Waals surface area contributed by atoms with Crippen molar-refractivity contribution in [3.8, 4) is 0 Å². The lowest BCUT2D eigenvalue weighted by atomic mass is 9.86. The lowest BCUT2D eigenvalue weighted by Gasteiger charge is -2.31. The summed E-state index contributed by atoms with van der Waals surface area (Å²) in [6.07, 6.45) is 7.93. The SMILES string of the molecule is O=C(N[C@@H]1C(=O)CO[C@H]1CCF)[C@H](CC1CCCCCCC1)NC(=O)N1CCOCC1. The second-order valence-corrected chi connectivity index (χ2v) is 8.83. The Hall–Kier alpha value is -1.74. The van der Waals surface area contributed by atoms with Crippen molar-refractivity contribution in [3.05, 3.63) is 0 Å². The molecule has 3 aliphatic rings. The van der Waals surface area contributed by atoms with Crippen LogP contribution in [-0.4, -0.2) is 80.4 Å². The summed E-state index contributed by atoms with van der Waals surface area (Å²) in [5.41, 5.74) is 0. The number of alkyl halides is 1. The minimum atomic E-state index is -0.858. The molecule has 176 valence electrons. The first kappa shape index (κ1) is 23.9. The van der Waals surface area contributed by atoms with Crippen LogP contribution in [0.2, 0.25) is 0 Å². The molecular weight excluding hydrogens is 405 g/mol. The van der Waals surface area contributed by atoms with Gasteiger partial charge in [-0.05, 0) is 12.3 Å². The van der Waals surface area contributed by atoms with Gasteiger partial charge in [0.1, 0.15) is 18.7 Å². The predicted octanol–water partition coefficient (Wildman–Crippen LogP) is 1.96. The summed E-state index contributed by atoms with van der Waals surface area (Å²) < 4.78 is 23.5. The summed E-state index contributed by atoms with van der Waals surface area (Å²) in [5, 5.41) is 5.65. The van der Waals surface area contributed by atoms with E-state index >= 15 is 0 Å². The normalized spacial score (nSPS) is 26.7. The van der Waals surface area contributed by atoms with Gasteiger partial charge in [0.15, 0.2) is 5.78 Å². The van der Waals surface area contributed by atoms with Gasteiger partial charge in [-0.3, -0.25) is 14.0 Å². The van der Waals surface area contributed by atoms with Crippen molar-refractivity contribution in [2.75, 3.05) is 39.6 Å². The molecule has 2 heterocycles. The summed E-state index contributed by atoms with van der Waals surface area (Å²) in [6.45, 7) is 1.18. The monoisotopic (exact) mass is 441 g/mol. The molecule has 2 aliphatic heterocycles. The van der Waals surface area contributed by atoms with E-state index in [1.165, 1.54) is 19.3 Å². The topological polar surface area (TPSA) is 97.0 Å². The first-order valence-corrected chi connectivity index (χ1v) is 11.7. The molecule has 3 fully saturated rings. The number of ether oxygens (including phenoxy) is 2. The molecule has 0 aromatic carbocycles. The van der Waals surface area contributed by atoms with E-state index in [-0.39, 0.29) is 24.8 Å². The Morgan fingerprint density at radius 1 is 1.10 bits per heavy atom. The quantitative estimate of drug-likeness (QED) is 0.630. The van der Waals surface area contributed by atoms with E-state index in [1.807, 2.05) is 0 Å². The van der Waals surface area contributed by atoms with E-state index in [4.69, 9.17) is 9.47 Å². The number of hydrogen-bond donors (Lipinski definition) is 2. The number of halogens is 1. The molecule has 0 bridgehead atoms. The number of morpholine rings is 1. The number of amides is 3. The Morgan fingerprint density at radius 3 is 2.45 bits per heavy atom. The Bertz CT molecular complexity index is 606. The third-order valence-electron chi connectivity index (χ3n) is 6.56. The van der Waals surface area contributed by atoms with Gasteiger partial charge in [-0.25, -0.2) is 4.79 Å². The molecule has 1 saturated carbocycles. The van der Waals surface area contributed by atoms with E-state index in [9.17, 15) is 18.8 Å². The highest BCUT2D eigenvalue weighted by Crippen LogP contribution is 2.26. The summed E-state index contributed by atoms with van der Waals surface area (Å²) >= 11 is 0. The van der Waals surface area contributed by atoms with Gasteiger partial charge in [0.05, 0.1) is 26.0 Å². The Morgan fingerprint density at radius 2 is 1.77 bits per heavy atom. The van der Waals surface area contributed by atoms with Crippen LogP contribution in [0.25, 0.3) is 0 Å². The van der Waals surface area contributed by atoms with E-state index in [0.29, 0.717) is 38.6 Å². The molecule has 0 unspecified atom stereocenters. The maximum absolute atomic E-state index is 13.2. The van der Waals surface area contributed by atoms with Gasteiger partial charge in [-0.2, -0.15) is 0 Å². The van der Waals surface area contributed by atoms with Crippen LogP contribution in [0, 0.1) is 5.92 Å². The maximum atomic E-state index is 13.2. The predicted molar refractivity (Wildman–Crippen MR) is 112 cm³/mol. The van der Waals surface area contributed by atoms with E-state index in [2.05, 4.69) is 10.6 Å². The number of carbonyl (C=O) groups is 3. The van der Waals surface area contributed by atoms with Crippen molar-refractivity contribution in [2.24, 2.45) is 5.92 Å². The highest BCUT2D eigenvalue weighted by atomic mass is 19.1. The Kier molecular flexibility index (Phi) is 9.52. The van der Waals surface area contributed by atoms with Gasteiger partial charge in [0.2, 0.25) is 5.91 Å². The fourth-order valence-electron chi connectivity index (χ4n) is 4.72. The van der Waals surface area contributed by atoms with Crippen LogP contribution in [-0.2, 0) is 19.1 Å². The van der Waals surface area contributed by atoms with Crippen LogP contribution in [0.3, 0.4) is 0 Å². The number of urea groups is 1. The number of nitrogens with zero attached hydrogens (tertiary/aromatic N) is 1. The molecule has 9 heteroatoms. The zero-order valence-electron chi connectivity index (χ0n) is 18.3.